The molecular formula is C21H18N2O4S. The van der Waals surface area contributed by atoms with Crippen molar-refractivity contribution in [2.45, 2.75) is 19.9 Å². The van der Waals surface area contributed by atoms with E-state index in [1.165, 1.54) is 6.07 Å². The second kappa shape index (κ2) is 7.09. The fourth-order valence-electron chi connectivity index (χ4n) is 3.56. The molecule has 1 aromatic heterocycles. The molecule has 4 rings (SSSR count). The number of hydrogen-bond acceptors (Lipinski definition) is 5. The van der Waals surface area contributed by atoms with Crippen LogP contribution in [0, 0.1) is 0 Å². The Morgan fingerprint density at radius 1 is 1.21 bits per heavy atom. The maximum Gasteiger partial charge on any atom is 0.338 e. The average Bonchev–Trinajstić information content (AvgIpc) is 2.66. The van der Waals surface area contributed by atoms with E-state index in [4.69, 9.17) is 21.4 Å². The van der Waals surface area contributed by atoms with Gasteiger partial charge < -0.3 is 19.8 Å². The van der Waals surface area contributed by atoms with E-state index in [2.05, 4.69) is 10.6 Å². The minimum absolute atomic E-state index is 0.245. The van der Waals surface area contributed by atoms with E-state index >= 15 is 0 Å². The number of thiocarbonyl (C=S) groups is 1. The lowest BCUT2D eigenvalue weighted by Crippen LogP contribution is -2.45. The van der Waals surface area contributed by atoms with Gasteiger partial charge >= 0.3 is 11.6 Å². The number of carbonyl (C=O) groups is 1. The Hall–Kier alpha value is -3.19. The molecule has 2 aromatic carbocycles. The van der Waals surface area contributed by atoms with E-state index in [9.17, 15) is 9.59 Å². The van der Waals surface area contributed by atoms with Crippen molar-refractivity contribution in [2.75, 3.05) is 6.61 Å². The summed E-state index contributed by atoms with van der Waals surface area (Å²) in [7, 11) is 0. The van der Waals surface area contributed by atoms with Crippen LogP contribution in [0.1, 0.15) is 25.5 Å². The first-order chi connectivity index (χ1) is 13.5. The van der Waals surface area contributed by atoms with Crippen molar-refractivity contribution in [1.82, 2.24) is 10.6 Å². The van der Waals surface area contributed by atoms with Crippen LogP contribution in [0.25, 0.3) is 21.7 Å². The number of allylic oxidation sites excluding steroid dienone is 1. The van der Waals surface area contributed by atoms with E-state index in [1.54, 1.807) is 13.8 Å². The van der Waals surface area contributed by atoms with Crippen LogP contribution in [0.3, 0.4) is 0 Å². The molecular weight excluding hydrogens is 376 g/mol. The number of carbonyl (C=O) groups excluding carboxylic acids is 1. The maximum atomic E-state index is 12.6. The molecule has 0 aliphatic carbocycles. The zero-order valence-electron chi connectivity index (χ0n) is 15.4. The van der Waals surface area contributed by atoms with E-state index in [-0.39, 0.29) is 6.61 Å². The first kappa shape index (κ1) is 18.2. The van der Waals surface area contributed by atoms with Crippen molar-refractivity contribution < 1.29 is 13.9 Å². The zero-order valence-corrected chi connectivity index (χ0v) is 16.2. The highest BCUT2D eigenvalue weighted by atomic mass is 32.1. The maximum absolute atomic E-state index is 12.6. The summed E-state index contributed by atoms with van der Waals surface area (Å²) >= 11 is 5.29. The van der Waals surface area contributed by atoms with Crippen molar-refractivity contribution in [2.24, 2.45) is 0 Å². The summed E-state index contributed by atoms with van der Waals surface area (Å²) in [5, 5.41) is 8.95. The molecule has 0 bridgehead atoms. The second-order valence-corrected chi connectivity index (χ2v) is 6.88. The fourth-order valence-corrected chi connectivity index (χ4v) is 3.83. The van der Waals surface area contributed by atoms with Gasteiger partial charge in [0.15, 0.2) is 5.11 Å². The van der Waals surface area contributed by atoms with E-state index in [1.807, 2.05) is 36.4 Å². The van der Waals surface area contributed by atoms with E-state index < -0.39 is 17.6 Å². The third kappa shape index (κ3) is 3.03. The largest absolute Gasteiger partial charge is 0.463 e. The zero-order chi connectivity index (χ0) is 19.8. The van der Waals surface area contributed by atoms with Crippen LogP contribution in [0.2, 0.25) is 0 Å². The molecule has 0 saturated carbocycles. The lowest BCUT2D eigenvalue weighted by molar-refractivity contribution is -0.139. The molecule has 2 N–H and O–H groups in total. The quantitative estimate of drug-likeness (QED) is 0.305. The Morgan fingerprint density at radius 2 is 2.00 bits per heavy atom. The second-order valence-electron chi connectivity index (χ2n) is 6.47. The van der Waals surface area contributed by atoms with Crippen LogP contribution < -0.4 is 16.3 Å². The van der Waals surface area contributed by atoms with Gasteiger partial charge in [0.05, 0.1) is 18.2 Å². The molecule has 1 aliphatic rings. The summed E-state index contributed by atoms with van der Waals surface area (Å²) in [6.07, 6.45) is 0. The van der Waals surface area contributed by atoms with Crippen LogP contribution in [0.4, 0.5) is 0 Å². The summed E-state index contributed by atoms with van der Waals surface area (Å²) in [5.41, 5.74) is 1.58. The highest BCUT2D eigenvalue weighted by Crippen LogP contribution is 2.34. The molecule has 0 saturated heterocycles. The van der Waals surface area contributed by atoms with Crippen LogP contribution in [-0.2, 0) is 9.53 Å². The highest BCUT2D eigenvalue weighted by Gasteiger charge is 2.32. The molecule has 0 radical (unpaired) electrons. The van der Waals surface area contributed by atoms with Crippen molar-refractivity contribution in [3.05, 3.63) is 69.7 Å². The van der Waals surface area contributed by atoms with Gasteiger partial charge in [0.2, 0.25) is 0 Å². The highest BCUT2D eigenvalue weighted by molar-refractivity contribution is 7.80. The number of esters is 1. The summed E-state index contributed by atoms with van der Waals surface area (Å²) in [4.78, 5) is 25.0. The first-order valence-electron chi connectivity index (χ1n) is 8.90. The number of benzene rings is 2. The molecule has 1 aliphatic heterocycles. The predicted octanol–water partition coefficient (Wildman–Crippen LogP) is 3.30. The molecule has 6 nitrogen and oxygen atoms in total. The fraction of sp³-hybridized carbons (Fsp3) is 0.190. The molecule has 0 spiro atoms. The number of ether oxygens (including phenoxy) is 1. The standard InChI is InChI=1S/C21H18N2O4S/c1-3-26-20(25)17-11(2)22-21(28)23-18(17)15-10-16(24)27-19-13-7-5-4-6-12(13)8-9-14(15)19/h4-10,18H,3H2,1-2H3,(H2,22,23,28). The normalized spacial score (nSPS) is 16.8. The molecule has 0 amide bonds. The number of hydrogen-bond donors (Lipinski definition) is 2. The van der Waals surface area contributed by atoms with Crippen LogP contribution in [-0.4, -0.2) is 17.7 Å². The van der Waals surface area contributed by atoms with Gasteiger partial charge in [-0.3, -0.25) is 0 Å². The van der Waals surface area contributed by atoms with Crippen molar-refractivity contribution in [3.63, 3.8) is 0 Å². The minimum Gasteiger partial charge on any atom is -0.463 e. The predicted molar refractivity (Wildman–Crippen MR) is 111 cm³/mol. The van der Waals surface area contributed by atoms with E-state index in [0.717, 1.165) is 16.2 Å². The smallest absolute Gasteiger partial charge is 0.338 e. The number of rotatable bonds is 3. The SMILES string of the molecule is CCOC(=O)C1=C(C)NC(=S)NC1c1cc(=O)oc2c1ccc1ccccc12. The monoisotopic (exact) mass is 394 g/mol. The topological polar surface area (TPSA) is 80.6 Å². The molecule has 28 heavy (non-hydrogen) atoms. The van der Waals surface area contributed by atoms with Gasteiger partial charge in [0.25, 0.3) is 0 Å². The summed E-state index contributed by atoms with van der Waals surface area (Å²) < 4.78 is 10.8. The average molecular weight is 394 g/mol. The van der Waals surface area contributed by atoms with Gasteiger partial charge in [-0.05, 0) is 37.0 Å². The van der Waals surface area contributed by atoms with Gasteiger partial charge in [0.1, 0.15) is 5.58 Å². The lowest BCUT2D eigenvalue weighted by atomic mass is 9.92. The summed E-state index contributed by atoms with van der Waals surface area (Å²) in [6, 6.07) is 12.3. The van der Waals surface area contributed by atoms with Gasteiger partial charge in [-0.2, -0.15) is 0 Å². The Kier molecular flexibility index (Phi) is 4.60. The van der Waals surface area contributed by atoms with Gasteiger partial charge in [-0.25, -0.2) is 9.59 Å². The first-order valence-corrected chi connectivity index (χ1v) is 9.31. The third-order valence-corrected chi connectivity index (χ3v) is 4.96. The molecule has 0 fully saturated rings. The Balaban J connectivity index is 2.00. The molecule has 2 heterocycles. The molecule has 3 aromatic rings. The summed E-state index contributed by atoms with van der Waals surface area (Å²) in [6.45, 7) is 3.75. The van der Waals surface area contributed by atoms with Crippen molar-refractivity contribution in [1.29, 1.82) is 0 Å². The van der Waals surface area contributed by atoms with Crippen molar-refractivity contribution in [3.8, 4) is 0 Å². The van der Waals surface area contributed by atoms with Crippen LogP contribution in [0.15, 0.2) is 62.9 Å². The molecule has 142 valence electrons. The summed E-state index contributed by atoms with van der Waals surface area (Å²) in [5.74, 6) is -0.463. The van der Waals surface area contributed by atoms with Gasteiger partial charge in [0, 0.05) is 22.5 Å². The van der Waals surface area contributed by atoms with Crippen LogP contribution in [0.5, 0.6) is 0 Å². The number of nitrogens with one attached hydrogen (secondary N) is 2. The molecule has 1 atom stereocenters. The molecule has 7 heteroatoms. The Labute approximate surface area is 166 Å². The minimum atomic E-state index is -0.624. The lowest BCUT2D eigenvalue weighted by Gasteiger charge is -2.30. The van der Waals surface area contributed by atoms with Crippen LogP contribution >= 0.6 is 12.2 Å². The molecule has 1 unspecified atom stereocenters. The van der Waals surface area contributed by atoms with Gasteiger partial charge in [-0.1, -0.05) is 36.4 Å². The number of fused-ring (bicyclic) bond motifs is 3. The van der Waals surface area contributed by atoms with E-state index in [0.29, 0.717) is 27.5 Å². The Morgan fingerprint density at radius 3 is 2.79 bits per heavy atom. The Bertz CT molecular complexity index is 1210. The van der Waals surface area contributed by atoms with Gasteiger partial charge in [-0.15, -0.1) is 0 Å². The van der Waals surface area contributed by atoms with Crippen molar-refractivity contribution >= 4 is 45.0 Å². The third-order valence-electron chi connectivity index (χ3n) is 4.74.